The van der Waals surface area contributed by atoms with Crippen LogP contribution in [0.1, 0.15) is 31.5 Å². The third-order valence-electron chi connectivity index (χ3n) is 3.13. The molecule has 0 atom stereocenters. The van der Waals surface area contributed by atoms with Crippen LogP contribution < -0.4 is 5.32 Å². The predicted molar refractivity (Wildman–Crippen MR) is 75.2 cm³/mol. The van der Waals surface area contributed by atoms with Gasteiger partial charge >= 0.3 is 0 Å². The van der Waals surface area contributed by atoms with Crippen molar-refractivity contribution in [2.24, 2.45) is 0 Å². The topological polar surface area (TPSA) is 28.2 Å². The Balaban J connectivity index is 1.85. The van der Waals surface area contributed by atoms with E-state index in [0.717, 1.165) is 32.6 Å². The summed E-state index contributed by atoms with van der Waals surface area (Å²) in [6.07, 6.45) is 7.65. The number of aromatic nitrogens is 1. The van der Waals surface area contributed by atoms with E-state index in [9.17, 15) is 0 Å². The normalized spacial score (nSPS) is 16.4. The van der Waals surface area contributed by atoms with Crippen molar-refractivity contribution in [3.05, 3.63) is 41.7 Å². The van der Waals surface area contributed by atoms with Crippen molar-refractivity contribution in [3.8, 4) is 0 Å². The second-order valence-electron chi connectivity index (χ2n) is 5.19. The summed E-state index contributed by atoms with van der Waals surface area (Å²) < 4.78 is 0. The third kappa shape index (κ3) is 4.24. The Morgan fingerprint density at radius 1 is 1.33 bits per heavy atom. The monoisotopic (exact) mass is 245 g/mol. The molecular weight excluding hydrogens is 222 g/mol. The molecule has 3 nitrogen and oxygen atoms in total. The first-order chi connectivity index (χ1) is 8.74. The molecule has 2 heterocycles. The molecule has 0 saturated heterocycles. The third-order valence-corrected chi connectivity index (χ3v) is 3.13. The number of hydrogen-bond acceptors (Lipinski definition) is 3. The molecule has 0 amide bonds. The standard InChI is InChI=1S/C15H23N3/c1-13(2)16-10-14-6-7-15(17-11-14)12-18-8-4-3-5-9-18/h3-4,6-7,11,13,16H,5,8-10,12H2,1-2H3. The molecule has 3 heteroatoms. The minimum absolute atomic E-state index is 0.518. The molecular formula is C15H23N3. The summed E-state index contributed by atoms with van der Waals surface area (Å²) in [6.45, 7) is 8.38. The highest BCUT2D eigenvalue weighted by atomic mass is 15.1. The smallest absolute Gasteiger partial charge is 0.0544 e. The molecule has 1 aromatic heterocycles. The van der Waals surface area contributed by atoms with Crippen molar-refractivity contribution < 1.29 is 0 Å². The van der Waals surface area contributed by atoms with Gasteiger partial charge in [0.2, 0.25) is 0 Å². The van der Waals surface area contributed by atoms with Crippen molar-refractivity contribution in [2.75, 3.05) is 13.1 Å². The number of nitrogens with one attached hydrogen (secondary N) is 1. The number of nitrogens with zero attached hydrogens (tertiary/aromatic N) is 2. The van der Waals surface area contributed by atoms with E-state index in [1.165, 1.54) is 11.3 Å². The lowest BCUT2D eigenvalue weighted by atomic mass is 10.2. The molecule has 0 aromatic carbocycles. The minimum Gasteiger partial charge on any atom is -0.310 e. The van der Waals surface area contributed by atoms with Gasteiger partial charge in [-0.25, -0.2) is 0 Å². The van der Waals surface area contributed by atoms with Crippen LogP contribution in [0.2, 0.25) is 0 Å². The molecule has 0 aliphatic carbocycles. The Kier molecular flexibility index (Phi) is 4.90. The highest BCUT2D eigenvalue weighted by Crippen LogP contribution is 2.08. The summed E-state index contributed by atoms with van der Waals surface area (Å²) in [5.74, 6) is 0. The first kappa shape index (κ1) is 13.2. The van der Waals surface area contributed by atoms with Crippen molar-refractivity contribution >= 4 is 0 Å². The molecule has 1 aromatic rings. The fourth-order valence-electron chi connectivity index (χ4n) is 2.04. The van der Waals surface area contributed by atoms with Crippen molar-refractivity contribution in [1.82, 2.24) is 15.2 Å². The van der Waals surface area contributed by atoms with Gasteiger partial charge in [-0.3, -0.25) is 9.88 Å². The molecule has 0 unspecified atom stereocenters. The summed E-state index contributed by atoms with van der Waals surface area (Å²) in [7, 11) is 0. The van der Waals surface area contributed by atoms with Gasteiger partial charge in [0.05, 0.1) is 5.69 Å². The Morgan fingerprint density at radius 3 is 2.83 bits per heavy atom. The molecule has 0 bridgehead atoms. The Morgan fingerprint density at radius 2 is 2.22 bits per heavy atom. The van der Waals surface area contributed by atoms with Gasteiger partial charge in [0.15, 0.2) is 0 Å². The number of hydrogen-bond donors (Lipinski definition) is 1. The first-order valence-corrected chi connectivity index (χ1v) is 6.78. The summed E-state index contributed by atoms with van der Waals surface area (Å²) in [6, 6.07) is 4.84. The number of rotatable bonds is 5. The van der Waals surface area contributed by atoms with Gasteiger partial charge in [0, 0.05) is 38.4 Å². The summed E-state index contributed by atoms with van der Waals surface area (Å²) in [4.78, 5) is 6.97. The van der Waals surface area contributed by atoms with E-state index in [0.29, 0.717) is 6.04 Å². The maximum absolute atomic E-state index is 4.54. The van der Waals surface area contributed by atoms with E-state index in [-0.39, 0.29) is 0 Å². The molecule has 0 radical (unpaired) electrons. The SMILES string of the molecule is CC(C)NCc1ccc(CN2CC=CCC2)nc1. The van der Waals surface area contributed by atoms with Crippen LogP contribution >= 0.6 is 0 Å². The lowest BCUT2D eigenvalue weighted by Gasteiger charge is -2.22. The second kappa shape index (κ2) is 6.66. The van der Waals surface area contributed by atoms with Gasteiger partial charge in [-0.2, -0.15) is 0 Å². The van der Waals surface area contributed by atoms with Crippen molar-refractivity contribution in [3.63, 3.8) is 0 Å². The fourth-order valence-corrected chi connectivity index (χ4v) is 2.04. The molecule has 0 saturated carbocycles. The molecule has 0 spiro atoms. The van der Waals surface area contributed by atoms with E-state index in [1.807, 2.05) is 6.20 Å². The maximum atomic E-state index is 4.54. The lowest BCUT2D eigenvalue weighted by molar-refractivity contribution is 0.287. The molecule has 1 aliphatic heterocycles. The Bertz CT molecular complexity index is 381. The quantitative estimate of drug-likeness (QED) is 0.807. The van der Waals surface area contributed by atoms with E-state index in [4.69, 9.17) is 0 Å². The molecule has 98 valence electrons. The second-order valence-corrected chi connectivity index (χ2v) is 5.19. The van der Waals surface area contributed by atoms with Crippen LogP contribution in [-0.4, -0.2) is 29.0 Å². The zero-order valence-electron chi connectivity index (χ0n) is 11.4. The van der Waals surface area contributed by atoms with Gasteiger partial charge in [0.1, 0.15) is 0 Å². The summed E-state index contributed by atoms with van der Waals surface area (Å²) >= 11 is 0. The van der Waals surface area contributed by atoms with E-state index < -0.39 is 0 Å². The molecule has 1 aliphatic rings. The van der Waals surface area contributed by atoms with Gasteiger partial charge < -0.3 is 5.32 Å². The van der Waals surface area contributed by atoms with Crippen LogP contribution in [0.3, 0.4) is 0 Å². The van der Waals surface area contributed by atoms with Crippen LogP contribution in [0.15, 0.2) is 30.5 Å². The number of pyridine rings is 1. The van der Waals surface area contributed by atoms with Crippen LogP contribution in [0.5, 0.6) is 0 Å². The summed E-state index contributed by atoms with van der Waals surface area (Å²) in [5, 5.41) is 3.40. The highest BCUT2D eigenvalue weighted by Gasteiger charge is 2.07. The van der Waals surface area contributed by atoms with Crippen LogP contribution in [0.25, 0.3) is 0 Å². The van der Waals surface area contributed by atoms with Crippen molar-refractivity contribution in [1.29, 1.82) is 0 Å². The van der Waals surface area contributed by atoms with Gasteiger partial charge in [-0.05, 0) is 18.1 Å². The van der Waals surface area contributed by atoms with Crippen LogP contribution in [0, 0.1) is 0 Å². The molecule has 2 rings (SSSR count). The van der Waals surface area contributed by atoms with Crippen molar-refractivity contribution in [2.45, 2.75) is 39.4 Å². The van der Waals surface area contributed by atoms with Crippen LogP contribution in [-0.2, 0) is 13.1 Å². The average Bonchev–Trinajstić information content (AvgIpc) is 2.39. The zero-order chi connectivity index (χ0) is 12.8. The van der Waals surface area contributed by atoms with Gasteiger partial charge in [-0.1, -0.05) is 32.1 Å². The highest BCUT2D eigenvalue weighted by molar-refractivity contribution is 5.14. The Labute approximate surface area is 110 Å². The summed E-state index contributed by atoms with van der Waals surface area (Å²) in [5.41, 5.74) is 2.42. The minimum atomic E-state index is 0.518. The Hall–Kier alpha value is -1.19. The maximum Gasteiger partial charge on any atom is 0.0544 e. The molecule has 18 heavy (non-hydrogen) atoms. The zero-order valence-corrected chi connectivity index (χ0v) is 11.4. The van der Waals surface area contributed by atoms with E-state index in [1.54, 1.807) is 0 Å². The van der Waals surface area contributed by atoms with Gasteiger partial charge in [0.25, 0.3) is 0 Å². The molecule has 0 fully saturated rings. The predicted octanol–water partition coefficient (Wildman–Crippen LogP) is 2.34. The molecule has 1 N–H and O–H groups in total. The van der Waals surface area contributed by atoms with Crippen LogP contribution in [0.4, 0.5) is 0 Å². The largest absolute Gasteiger partial charge is 0.310 e. The average molecular weight is 245 g/mol. The lowest BCUT2D eigenvalue weighted by Crippen LogP contribution is -2.27. The first-order valence-electron chi connectivity index (χ1n) is 6.78. The van der Waals surface area contributed by atoms with E-state index >= 15 is 0 Å². The van der Waals surface area contributed by atoms with Gasteiger partial charge in [-0.15, -0.1) is 0 Å². The van der Waals surface area contributed by atoms with E-state index in [2.05, 4.69) is 53.3 Å². The fraction of sp³-hybridized carbons (Fsp3) is 0.533.